The first kappa shape index (κ1) is 21.8. The molecule has 2 fully saturated rings. The molecule has 0 amide bonds. The number of rotatable bonds is 8. The van der Waals surface area contributed by atoms with E-state index in [9.17, 15) is 0 Å². The Bertz CT molecular complexity index is 304. The van der Waals surface area contributed by atoms with Crippen molar-refractivity contribution in [1.82, 2.24) is 0 Å². The van der Waals surface area contributed by atoms with Gasteiger partial charge in [-0.1, -0.05) is 26.3 Å². The lowest BCUT2D eigenvalue weighted by atomic mass is 10.3. The van der Waals surface area contributed by atoms with Crippen LogP contribution in [0.1, 0.15) is 25.7 Å². The fraction of sp³-hybridized carbons (Fsp3) is 0.600. The highest BCUT2D eigenvalue weighted by atomic mass is 16.0. The van der Waals surface area contributed by atoms with Gasteiger partial charge in [0.05, 0.1) is 52.4 Å². The lowest BCUT2D eigenvalue weighted by molar-refractivity contribution is -0.905. The van der Waals surface area contributed by atoms with Crippen molar-refractivity contribution in [3.63, 3.8) is 0 Å². The summed E-state index contributed by atoms with van der Waals surface area (Å²) in [6, 6.07) is 0. The maximum Gasteiger partial charge on any atom is 0.0973 e. The molecule has 0 bridgehead atoms. The Hall–Kier alpha value is -1.16. The topological polar surface area (TPSA) is 28.5 Å². The van der Waals surface area contributed by atoms with E-state index in [1.807, 2.05) is 24.3 Å². The van der Waals surface area contributed by atoms with Crippen LogP contribution >= 0.6 is 0 Å². The fourth-order valence-corrected chi connectivity index (χ4v) is 3.99. The monoisotopic (exact) mass is 320 g/mol. The van der Waals surface area contributed by atoms with Gasteiger partial charge in [-0.15, -0.1) is 0 Å². The molecule has 2 aliphatic heterocycles. The largest absolute Gasteiger partial charge is 2.00 e. The van der Waals surface area contributed by atoms with Gasteiger partial charge in [0.1, 0.15) is 0 Å². The van der Waals surface area contributed by atoms with Crippen molar-refractivity contribution in [2.45, 2.75) is 25.7 Å². The normalized spacial score (nSPS) is 20.5. The highest BCUT2D eigenvalue weighted by Gasteiger charge is 2.29. The first-order chi connectivity index (χ1) is 10.7. The van der Waals surface area contributed by atoms with E-state index < -0.39 is 0 Å². The fourth-order valence-electron chi connectivity index (χ4n) is 3.99. The molecule has 0 unspecified atom stereocenters. The van der Waals surface area contributed by atoms with Gasteiger partial charge in [0.25, 0.3) is 0 Å². The van der Waals surface area contributed by atoms with Crippen molar-refractivity contribution < 1.29 is 14.4 Å². The average Bonchev–Trinajstić information content (AvgIpc) is 3.12. The lowest BCUT2D eigenvalue weighted by Gasteiger charge is -2.31. The van der Waals surface area contributed by atoms with E-state index in [0.717, 1.165) is 26.2 Å². The van der Waals surface area contributed by atoms with Gasteiger partial charge in [0, 0.05) is 25.7 Å². The number of hydrogen-bond acceptors (Lipinski definition) is 0. The van der Waals surface area contributed by atoms with E-state index in [1.54, 1.807) is 0 Å². The molecule has 0 saturated carbocycles. The standard InChI is InChI=1S/2C10H18N.O/c2*1-3-7-11(8-4-2)9-5-6-10-11;/h2*3-4H,1-2,5-10H2;/q2*+1;-2. The Morgan fingerprint density at radius 3 is 0.913 bits per heavy atom. The van der Waals surface area contributed by atoms with Gasteiger partial charge >= 0.3 is 0 Å². The maximum atomic E-state index is 3.80. The summed E-state index contributed by atoms with van der Waals surface area (Å²) in [5, 5.41) is 0. The molecule has 0 N–H and O–H groups in total. The number of likely N-dealkylation sites (tertiary alicyclic amines) is 2. The highest BCUT2D eigenvalue weighted by molar-refractivity contribution is 4.75. The first-order valence-electron chi connectivity index (χ1n) is 8.80. The SMILES string of the molecule is C=CC[N+]1(CC=C)CCCC1.C=CC[N+]1(CC=C)CCCC1.[O-2]. The van der Waals surface area contributed by atoms with Gasteiger partial charge in [-0.25, -0.2) is 0 Å². The van der Waals surface area contributed by atoms with Crippen LogP contribution in [0.5, 0.6) is 0 Å². The quantitative estimate of drug-likeness (QED) is 0.480. The van der Waals surface area contributed by atoms with E-state index >= 15 is 0 Å². The Labute approximate surface area is 143 Å². The smallest absolute Gasteiger partial charge is 0.0973 e. The minimum absolute atomic E-state index is 0. The van der Waals surface area contributed by atoms with Crippen molar-refractivity contribution in [3.05, 3.63) is 50.6 Å². The highest BCUT2D eigenvalue weighted by Crippen LogP contribution is 2.19. The lowest BCUT2D eigenvalue weighted by Crippen LogP contribution is -2.45. The Balaban J connectivity index is 0.000000403. The Kier molecular flexibility index (Phi) is 10.8. The zero-order valence-corrected chi connectivity index (χ0v) is 14.9. The van der Waals surface area contributed by atoms with Crippen LogP contribution in [-0.2, 0) is 5.48 Å². The van der Waals surface area contributed by atoms with Gasteiger partial charge in [-0.2, -0.15) is 0 Å². The minimum atomic E-state index is 0. The van der Waals surface area contributed by atoms with E-state index in [0.29, 0.717) is 0 Å². The Morgan fingerprint density at radius 1 is 0.522 bits per heavy atom. The maximum absolute atomic E-state index is 3.80. The molecule has 0 aromatic rings. The van der Waals surface area contributed by atoms with Crippen LogP contribution in [0.2, 0.25) is 0 Å². The second-order valence-electron chi connectivity index (χ2n) is 6.88. The van der Waals surface area contributed by atoms with E-state index in [1.165, 1.54) is 60.8 Å². The van der Waals surface area contributed by atoms with Crippen molar-refractivity contribution >= 4 is 0 Å². The molecule has 3 nitrogen and oxygen atoms in total. The molecule has 2 rings (SSSR count). The summed E-state index contributed by atoms with van der Waals surface area (Å²) in [6.07, 6.45) is 13.7. The molecule has 0 aromatic heterocycles. The van der Waals surface area contributed by atoms with E-state index in [2.05, 4.69) is 26.3 Å². The summed E-state index contributed by atoms with van der Waals surface area (Å²) in [6.45, 7) is 24.9. The van der Waals surface area contributed by atoms with Gasteiger partial charge in [-0.3, -0.25) is 0 Å². The average molecular weight is 321 g/mol. The summed E-state index contributed by atoms with van der Waals surface area (Å²) >= 11 is 0. The van der Waals surface area contributed by atoms with Gasteiger partial charge in [0.2, 0.25) is 0 Å². The molecule has 0 aromatic carbocycles. The molecule has 0 spiro atoms. The molecule has 0 aliphatic carbocycles. The van der Waals surface area contributed by atoms with Gasteiger partial charge < -0.3 is 14.4 Å². The molecule has 23 heavy (non-hydrogen) atoms. The van der Waals surface area contributed by atoms with Crippen molar-refractivity contribution in [2.24, 2.45) is 0 Å². The van der Waals surface area contributed by atoms with Crippen LogP contribution in [-0.4, -0.2) is 61.3 Å². The van der Waals surface area contributed by atoms with Crippen molar-refractivity contribution in [1.29, 1.82) is 0 Å². The third-order valence-electron chi connectivity index (χ3n) is 5.10. The van der Waals surface area contributed by atoms with Crippen molar-refractivity contribution in [2.75, 3.05) is 52.4 Å². The van der Waals surface area contributed by atoms with Crippen LogP contribution in [0.25, 0.3) is 0 Å². The van der Waals surface area contributed by atoms with Crippen LogP contribution in [0.15, 0.2) is 50.6 Å². The zero-order chi connectivity index (χ0) is 16.3. The molecule has 0 atom stereocenters. The second-order valence-corrected chi connectivity index (χ2v) is 6.88. The Morgan fingerprint density at radius 2 is 0.739 bits per heavy atom. The number of nitrogens with zero attached hydrogens (tertiary/aromatic N) is 2. The first-order valence-corrected chi connectivity index (χ1v) is 8.80. The molecule has 132 valence electrons. The third-order valence-corrected chi connectivity index (χ3v) is 5.10. The second kappa shape index (κ2) is 11.4. The minimum Gasteiger partial charge on any atom is -2.00 e. The van der Waals surface area contributed by atoms with Crippen LogP contribution in [0.4, 0.5) is 0 Å². The molecule has 2 aliphatic rings. The summed E-state index contributed by atoms with van der Waals surface area (Å²) < 4.78 is 2.40. The van der Waals surface area contributed by atoms with E-state index in [-0.39, 0.29) is 5.48 Å². The van der Waals surface area contributed by atoms with Gasteiger partial charge in [0.15, 0.2) is 0 Å². The predicted molar refractivity (Wildman–Crippen MR) is 99.4 cm³/mol. The van der Waals surface area contributed by atoms with E-state index in [4.69, 9.17) is 0 Å². The van der Waals surface area contributed by atoms with Crippen molar-refractivity contribution in [3.8, 4) is 0 Å². The molecule has 2 heterocycles. The van der Waals surface area contributed by atoms with Crippen LogP contribution in [0.3, 0.4) is 0 Å². The molecule has 0 radical (unpaired) electrons. The predicted octanol–water partition coefficient (Wildman–Crippen LogP) is 3.82. The summed E-state index contributed by atoms with van der Waals surface area (Å²) in [5.41, 5.74) is 0. The summed E-state index contributed by atoms with van der Waals surface area (Å²) in [5.74, 6) is 0. The molecule has 2 saturated heterocycles. The number of hydrogen-bond donors (Lipinski definition) is 0. The van der Waals surface area contributed by atoms with Gasteiger partial charge in [-0.05, 0) is 24.3 Å². The molecular weight excluding hydrogens is 284 g/mol. The molecule has 3 heteroatoms. The zero-order valence-electron chi connectivity index (χ0n) is 14.9. The third kappa shape index (κ3) is 6.86. The number of quaternary nitrogens is 2. The molecular formula is C20H36N2O. The summed E-state index contributed by atoms with van der Waals surface area (Å²) in [7, 11) is 0. The van der Waals surface area contributed by atoms with Crippen LogP contribution < -0.4 is 0 Å². The van der Waals surface area contributed by atoms with Crippen LogP contribution in [0, 0.1) is 0 Å². The summed E-state index contributed by atoms with van der Waals surface area (Å²) in [4.78, 5) is 0.